The van der Waals surface area contributed by atoms with Crippen LogP contribution in [-0.4, -0.2) is 61.3 Å². The highest BCUT2D eigenvalue weighted by molar-refractivity contribution is 7.89. The Labute approximate surface area is 165 Å². The second kappa shape index (κ2) is 7.98. The van der Waals surface area contributed by atoms with Crippen molar-refractivity contribution >= 4 is 15.9 Å². The summed E-state index contributed by atoms with van der Waals surface area (Å²) >= 11 is 0. The van der Waals surface area contributed by atoms with Crippen LogP contribution in [0.4, 0.5) is 0 Å². The van der Waals surface area contributed by atoms with Gasteiger partial charge in [-0.15, -0.1) is 0 Å². The van der Waals surface area contributed by atoms with Crippen molar-refractivity contribution in [2.24, 2.45) is 0 Å². The van der Waals surface area contributed by atoms with E-state index in [9.17, 15) is 13.2 Å². The lowest BCUT2D eigenvalue weighted by Gasteiger charge is -2.34. The van der Waals surface area contributed by atoms with Gasteiger partial charge in [0.1, 0.15) is 0 Å². The van der Waals surface area contributed by atoms with E-state index < -0.39 is 10.0 Å². The quantitative estimate of drug-likeness (QED) is 0.794. The second-order valence-corrected chi connectivity index (χ2v) is 9.06. The molecule has 1 amide bonds. The van der Waals surface area contributed by atoms with Gasteiger partial charge in [0.2, 0.25) is 10.0 Å². The number of hydrogen-bond acceptors (Lipinski definition) is 5. The topological polar surface area (TPSA) is 82.6 Å². The van der Waals surface area contributed by atoms with E-state index in [1.54, 1.807) is 29.4 Å². The van der Waals surface area contributed by atoms with Crippen LogP contribution in [0.15, 0.2) is 53.7 Å². The number of benzene rings is 1. The lowest BCUT2D eigenvalue weighted by atomic mass is 10.1. The van der Waals surface area contributed by atoms with Crippen molar-refractivity contribution in [2.45, 2.75) is 30.3 Å². The Morgan fingerprint density at radius 3 is 2.46 bits per heavy atom. The van der Waals surface area contributed by atoms with E-state index in [0.717, 1.165) is 32.5 Å². The Balaban J connectivity index is 1.38. The monoisotopic (exact) mass is 400 g/mol. The van der Waals surface area contributed by atoms with Crippen molar-refractivity contribution in [3.05, 3.63) is 59.9 Å². The zero-order chi connectivity index (χ0) is 19.6. The molecule has 1 N–H and O–H groups in total. The number of nitrogens with one attached hydrogen (secondary N) is 1. The van der Waals surface area contributed by atoms with Crippen LogP contribution in [0.5, 0.6) is 0 Å². The molecule has 0 unspecified atom stereocenters. The average molecular weight is 401 g/mol. The first-order valence-corrected chi connectivity index (χ1v) is 11.0. The number of sulfonamides is 1. The largest absolute Gasteiger partial charge is 0.336 e. The third kappa shape index (κ3) is 4.57. The predicted molar refractivity (Wildman–Crippen MR) is 105 cm³/mol. The number of aromatic nitrogens is 1. The molecule has 0 bridgehead atoms. The summed E-state index contributed by atoms with van der Waals surface area (Å²) in [6.45, 7) is 3.66. The minimum absolute atomic E-state index is 0.0397. The molecule has 2 aromatic rings. The molecular formula is C20H24N4O3S. The number of carbonyl (C=O) groups is 1. The number of rotatable bonds is 6. The molecule has 8 heteroatoms. The van der Waals surface area contributed by atoms with Crippen molar-refractivity contribution in [1.82, 2.24) is 19.5 Å². The predicted octanol–water partition coefficient (Wildman–Crippen LogP) is 1.48. The Morgan fingerprint density at radius 1 is 1.07 bits per heavy atom. The maximum Gasteiger partial charge on any atom is 0.253 e. The van der Waals surface area contributed by atoms with Crippen LogP contribution < -0.4 is 4.72 Å². The number of pyridine rings is 1. The molecule has 28 heavy (non-hydrogen) atoms. The van der Waals surface area contributed by atoms with Crippen molar-refractivity contribution < 1.29 is 13.2 Å². The third-order valence-corrected chi connectivity index (χ3v) is 6.62. The highest BCUT2D eigenvalue weighted by Gasteiger charge is 2.29. The summed E-state index contributed by atoms with van der Waals surface area (Å²) in [5, 5.41) is 0. The molecule has 2 fully saturated rings. The van der Waals surface area contributed by atoms with E-state index in [-0.39, 0.29) is 16.8 Å². The molecule has 0 atom stereocenters. The van der Waals surface area contributed by atoms with Crippen molar-refractivity contribution in [2.75, 3.05) is 26.2 Å². The zero-order valence-electron chi connectivity index (χ0n) is 15.6. The Bertz CT molecular complexity index is 937. The number of amides is 1. The van der Waals surface area contributed by atoms with E-state index in [1.807, 2.05) is 12.1 Å². The number of carbonyl (C=O) groups excluding carboxylic acids is 1. The van der Waals surface area contributed by atoms with Crippen LogP contribution in [-0.2, 0) is 16.6 Å². The summed E-state index contributed by atoms with van der Waals surface area (Å²) in [6, 6.07) is 10.4. The molecule has 1 aromatic heterocycles. The fraction of sp³-hybridized carbons (Fsp3) is 0.400. The van der Waals surface area contributed by atoms with E-state index in [4.69, 9.17) is 0 Å². The van der Waals surface area contributed by atoms with Crippen LogP contribution in [0.25, 0.3) is 0 Å². The summed E-state index contributed by atoms with van der Waals surface area (Å²) in [7, 11) is -3.56. The molecule has 1 aromatic carbocycles. The van der Waals surface area contributed by atoms with Crippen LogP contribution in [0.2, 0.25) is 0 Å². The summed E-state index contributed by atoms with van der Waals surface area (Å²) < 4.78 is 27.5. The molecule has 2 heterocycles. The highest BCUT2D eigenvalue weighted by atomic mass is 32.2. The molecular weight excluding hydrogens is 376 g/mol. The summed E-state index contributed by atoms with van der Waals surface area (Å²) in [5.74, 6) is -0.118. The molecule has 2 aliphatic rings. The Hall–Kier alpha value is -2.29. The van der Waals surface area contributed by atoms with Gasteiger partial charge in [0, 0.05) is 56.7 Å². The fourth-order valence-electron chi connectivity index (χ4n) is 3.32. The maximum atomic E-state index is 12.9. The highest BCUT2D eigenvalue weighted by Crippen LogP contribution is 2.23. The molecule has 4 rings (SSSR count). The van der Waals surface area contributed by atoms with Gasteiger partial charge in [0.05, 0.1) is 4.90 Å². The molecule has 0 spiro atoms. The van der Waals surface area contributed by atoms with E-state index >= 15 is 0 Å². The van der Waals surface area contributed by atoms with Gasteiger partial charge in [0.25, 0.3) is 5.91 Å². The standard InChI is InChI=1S/C20H24N4O3S/c25-20(17-2-1-3-19(14-17)28(26,27)22-18-4-5-18)24-12-10-23(11-13-24)15-16-6-8-21-9-7-16/h1-3,6-9,14,18,22H,4-5,10-13,15H2. The first kappa shape index (κ1) is 19.0. The van der Waals surface area contributed by atoms with Gasteiger partial charge in [-0.3, -0.25) is 14.7 Å². The van der Waals surface area contributed by atoms with Crippen LogP contribution in [0, 0.1) is 0 Å². The summed E-state index contributed by atoms with van der Waals surface area (Å²) in [6.07, 6.45) is 5.33. The Morgan fingerprint density at radius 2 is 1.79 bits per heavy atom. The smallest absolute Gasteiger partial charge is 0.253 e. The second-order valence-electron chi connectivity index (χ2n) is 7.35. The first-order valence-electron chi connectivity index (χ1n) is 9.54. The van der Waals surface area contributed by atoms with Gasteiger partial charge in [-0.25, -0.2) is 13.1 Å². The molecule has 148 valence electrons. The first-order chi connectivity index (χ1) is 13.5. The van der Waals surface area contributed by atoms with Crippen LogP contribution >= 0.6 is 0 Å². The van der Waals surface area contributed by atoms with Gasteiger partial charge in [0.15, 0.2) is 0 Å². The average Bonchev–Trinajstić information content (AvgIpc) is 3.52. The Kier molecular flexibility index (Phi) is 5.43. The minimum Gasteiger partial charge on any atom is -0.336 e. The maximum absolute atomic E-state index is 12.9. The third-order valence-electron chi connectivity index (χ3n) is 5.11. The number of piperazine rings is 1. The lowest BCUT2D eigenvalue weighted by Crippen LogP contribution is -2.48. The summed E-state index contributed by atoms with van der Waals surface area (Å²) in [4.78, 5) is 21.1. The number of hydrogen-bond donors (Lipinski definition) is 1. The summed E-state index contributed by atoms with van der Waals surface area (Å²) in [5.41, 5.74) is 1.62. The van der Waals surface area contributed by atoms with Gasteiger partial charge in [-0.05, 0) is 48.7 Å². The fourth-order valence-corrected chi connectivity index (χ4v) is 4.67. The van der Waals surface area contributed by atoms with Gasteiger partial charge in [-0.2, -0.15) is 0 Å². The normalized spacial score (nSPS) is 18.2. The minimum atomic E-state index is -3.56. The van der Waals surface area contributed by atoms with Crippen molar-refractivity contribution in [3.8, 4) is 0 Å². The lowest BCUT2D eigenvalue weighted by molar-refractivity contribution is 0.0628. The SMILES string of the molecule is O=C(c1cccc(S(=O)(=O)NC2CC2)c1)N1CCN(Cc2ccncc2)CC1. The van der Waals surface area contributed by atoms with Crippen LogP contribution in [0.1, 0.15) is 28.8 Å². The molecule has 1 aliphatic heterocycles. The van der Waals surface area contributed by atoms with Crippen LogP contribution in [0.3, 0.4) is 0 Å². The molecule has 0 radical (unpaired) electrons. The molecule has 1 aliphatic carbocycles. The molecule has 7 nitrogen and oxygen atoms in total. The van der Waals surface area contributed by atoms with E-state index in [0.29, 0.717) is 18.7 Å². The number of nitrogens with zero attached hydrogens (tertiary/aromatic N) is 3. The molecule has 1 saturated carbocycles. The van der Waals surface area contributed by atoms with Crippen molar-refractivity contribution in [1.29, 1.82) is 0 Å². The zero-order valence-corrected chi connectivity index (χ0v) is 16.4. The van der Waals surface area contributed by atoms with E-state index in [1.165, 1.54) is 17.7 Å². The van der Waals surface area contributed by atoms with Gasteiger partial charge >= 0.3 is 0 Å². The van der Waals surface area contributed by atoms with E-state index in [2.05, 4.69) is 14.6 Å². The molecule has 1 saturated heterocycles. The van der Waals surface area contributed by atoms with Gasteiger partial charge < -0.3 is 4.90 Å². The van der Waals surface area contributed by atoms with Gasteiger partial charge in [-0.1, -0.05) is 6.07 Å². The van der Waals surface area contributed by atoms with Crippen molar-refractivity contribution in [3.63, 3.8) is 0 Å².